The van der Waals surface area contributed by atoms with Crippen LogP contribution in [0.2, 0.25) is 0 Å². The fourth-order valence-electron chi connectivity index (χ4n) is 3.17. The second-order valence-electron chi connectivity index (χ2n) is 6.84. The molecule has 7 nitrogen and oxygen atoms in total. The third-order valence-corrected chi connectivity index (χ3v) is 4.88. The molecular formula is C22H25N3O4. The Morgan fingerprint density at radius 2 is 1.79 bits per heavy atom. The smallest absolute Gasteiger partial charge is 0.265 e. The number of hydrogen-bond acceptors (Lipinski definition) is 4. The summed E-state index contributed by atoms with van der Waals surface area (Å²) in [5, 5.41) is 2.83. The second-order valence-corrected chi connectivity index (χ2v) is 6.84. The van der Waals surface area contributed by atoms with Crippen molar-refractivity contribution in [2.45, 2.75) is 20.8 Å². The minimum absolute atomic E-state index is 0.0633. The summed E-state index contributed by atoms with van der Waals surface area (Å²) in [4.78, 5) is 40.5. The molecule has 0 aromatic heterocycles. The number of nitrogens with zero attached hydrogens (tertiary/aromatic N) is 2. The Labute approximate surface area is 170 Å². The number of carbonyl (C=O) groups excluding carboxylic acids is 3. The van der Waals surface area contributed by atoms with Gasteiger partial charge in [-0.05, 0) is 51.1 Å². The molecule has 2 aromatic carbocycles. The van der Waals surface area contributed by atoms with Crippen LogP contribution in [0.4, 0.5) is 11.4 Å². The van der Waals surface area contributed by atoms with Gasteiger partial charge in [0.1, 0.15) is 12.3 Å². The van der Waals surface area contributed by atoms with E-state index in [1.54, 1.807) is 35.2 Å². The van der Waals surface area contributed by atoms with Gasteiger partial charge < -0.3 is 15.0 Å². The SMILES string of the molecule is CCN(CC)C(=O)CN1C(=O)COc2ccc(NC(=O)c3ccc(C)cc3)cc21. The highest BCUT2D eigenvalue weighted by Crippen LogP contribution is 2.34. The van der Waals surface area contributed by atoms with Crippen LogP contribution in [0.5, 0.6) is 5.75 Å². The molecule has 0 unspecified atom stereocenters. The van der Waals surface area contributed by atoms with Crippen molar-refractivity contribution in [1.29, 1.82) is 0 Å². The van der Waals surface area contributed by atoms with Gasteiger partial charge in [0.2, 0.25) is 5.91 Å². The zero-order valence-corrected chi connectivity index (χ0v) is 16.9. The van der Waals surface area contributed by atoms with Crippen LogP contribution < -0.4 is 15.0 Å². The van der Waals surface area contributed by atoms with Gasteiger partial charge >= 0.3 is 0 Å². The van der Waals surface area contributed by atoms with E-state index in [-0.39, 0.29) is 30.9 Å². The molecule has 3 amide bonds. The fraction of sp³-hybridized carbons (Fsp3) is 0.318. The highest BCUT2D eigenvalue weighted by molar-refractivity contribution is 6.06. The molecule has 0 saturated carbocycles. The summed E-state index contributed by atoms with van der Waals surface area (Å²) in [5.74, 6) is -0.172. The lowest BCUT2D eigenvalue weighted by Crippen LogP contribution is -2.46. The van der Waals surface area contributed by atoms with Gasteiger partial charge in [-0.15, -0.1) is 0 Å². The molecule has 152 valence electrons. The van der Waals surface area contributed by atoms with E-state index in [1.807, 2.05) is 32.9 Å². The number of hydrogen-bond donors (Lipinski definition) is 1. The van der Waals surface area contributed by atoms with E-state index >= 15 is 0 Å². The van der Waals surface area contributed by atoms with Crippen molar-refractivity contribution >= 4 is 29.1 Å². The van der Waals surface area contributed by atoms with Gasteiger partial charge in [-0.25, -0.2) is 0 Å². The minimum atomic E-state index is -0.292. The van der Waals surface area contributed by atoms with E-state index in [2.05, 4.69) is 5.32 Å². The number of benzene rings is 2. The van der Waals surface area contributed by atoms with E-state index in [1.165, 1.54) is 4.90 Å². The average molecular weight is 395 g/mol. The molecule has 0 spiro atoms. The number of carbonyl (C=O) groups is 3. The monoisotopic (exact) mass is 395 g/mol. The molecule has 1 heterocycles. The Morgan fingerprint density at radius 1 is 1.10 bits per heavy atom. The molecule has 7 heteroatoms. The average Bonchev–Trinajstić information content (AvgIpc) is 2.71. The molecule has 0 fully saturated rings. The minimum Gasteiger partial charge on any atom is -0.482 e. The van der Waals surface area contributed by atoms with Crippen molar-refractivity contribution in [2.75, 3.05) is 36.5 Å². The number of likely N-dealkylation sites (N-methyl/N-ethyl adjacent to an activating group) is 1. The molecule has 1 aliphatic rings. The standard InChI is InChI=1S/C22H25N3O4/c1-4-24(5-2)20(26)13-25-18-12-17(10-11-19(18)29-14-21(25)27)23-22(28)16-8-6-15(3)7-9-16/h6-12H,4-5,13-14H2,1-3H3,(H,23,28). The lowest BCUT2D eigenvalue weighted by Gasteiger charge is -2.31. The van der Waals surface area contributed by atoms with Crippen LogP contribution in [0.25, 0.3) is 0 Å². The Hall–Kier alpha value is -3.35. The number of ether oxygens (including phenoxy) is 1. The molecule has 2 aromatic rings. The Kier molecular flexibility index (Phi) is 6.16. The van der Waals surface area contributed by atoms with Gasteiger partial charge in [0.05, 0.1) is 5.69 Å². The highest BCUT2D eigenvalue weighted by Gasteiger charge is 2.29. The quantitative estimate of drug-likeness (QED) is 0.816. The maximum absolute atomic E-state index is 12.5. The van der Waals surface area contributed by atoms with Crippen molar-refractivity contribution in [2.24, 2.45) is 0 Å². The molecule has 0 atom stereocenters. The number of fused-ring (bicyclic) bond motifs is 1. The van der Waals surface area contributed by atoms with E-state index in [9.17, 15) is 14.4 Å². The fourth-order valence-corrected chi connectivity index (χ4v) is 3.17. The van der Waals surface area contributed by atoms with E-state index < -0.39 is 0 Å². The third-order valence-electron chi connectivity index (χ3n) is 4.88. The van der Waals surface area contributed by atoms with Crippen LogP contribution in [0.1, 0.15) is 29.8 Å². The summed E-state index contributed by atoms with van der Waals surface area (Å²) < 4.78 is 5.49. The summed E-state index contributed by atoms with van der Waals surface area (Å²) in [6, 6.07) is 12.3. The molecule has 0 saturated heterocycles. The van der Waals surface area contributed by atoms with Crippen LogP contribution in [0, 0.1) is 6.92 Å². The van der Waals surface area contributed by atoms with Gasteiger partial charge in [-0.3, -0.25) is 19.3 Å². The predicted octanol–water partition coefficient (Wildman–Crippen LogP) is 2.84. The van der Waals surface area contributed by atoms with Crippen molar-refractivity contribution in [3.63, 3.8) is 0 Å². The number of aryl methyl sites for hydroxylation is 1. The summed E-state index contributed by atoms with van der Waals surface area (Å²) in [6.07, 6.45) is 0. The first-order valence-corrected chi connectivity index (χ1v) is 9.66. The molecular weight excluding hydrogens is 370 g/mol. The van der Waals surface area contributed by atoms with Crippen molar-refractivity contribution in [1.82, 2.24) is 4.90 Å². The Bertz CT molecular complexity index is 920. The van der Waals surface area contributed by atoms with Crippen LogP contribution in [0.3, 0.4) is 0 Å². The third kappa shape index (κ3) is 4.56. The normalized spacial score (nSPS) is 12.8. The molecule has 0 radical (unpaired) electrons. The van der Waals surface area contributed by atoms with Crippen LogP contribution in [-0.2, 0) is 9.59 Å². The summed E-state index contributed by atoms with van der Waals surface area (Å²) in [7, 11) is 0. The Balaban J connectivity index is 1.82. The van der Waals surface area contributed by atoms with Gasteiger partial charge in [0, 0.05) is 24.3 Å². The maximum Gasteiger partial charge on any atom is 0.265 e. The largest absolute Gasteiger partial charge is 0.482 e. The molecule has 1 N–H and O–H groups in total. The molecule has 29 heavy (non-hydrogen) atoms. The number of rotatable bonds is 6. The van der Waals surface area contributed by atoms with E-state index in [4.69, 9.17) is 4.74 Å². The van der Waals surface area contributed by atoms with E-state index in [0.717, 1.165) is 5.56 Å². The lowest BCUT2D eigenvalue weighted by atomic mass is 10.1. The first kappa shape index (κ1) is 20.4. The van der Waals surface area contributed by atoms with Gasteiger partial charge in [0.15, 0.2) is 6.61 Å². The number of amides is 3. The predicted molar refractivity (Wildman–Crippen MR) is 111 cm³/mol. The van der Waals surface area contributed by atoms with Crippen LogP contribution in [-0.4, -0.2) is 48.9 Å². The maximum atomic E-state index is 12.5. The molecule has 1 aliphatic heterocycles. The van der Waals surface area contributed by atoms with Crippen LogP contribution in [0.15, 0.2) is 42.5 Å². The zero-order chi connectivity index (χ0) is 21.0. The zero-order valence-electron chi connectivity index (χ0n) is 16.9. The van der Waals surface area contributed by atoms with Crippen molar-refractivity contribution < 1.29 is 19.1 Å². The molecule has 0 bridgehead atoms. The van der Waals surface area contributed by atoms with Gasteiger partial charge in [-0.2, -0.15) is 0 Å². The molecule has 3 rings (SSSR count). The lowest BCUT2D eigenvalue weighted by molar-refractivity contribution is -0.131. The summed E-state index contributed by atoms with van der Waals surface area (Å²) in [6.45, 7) is 6.72. The second kappa shape index (κ2) is 8.77. The highest BCUT2D eigenvalue weighted by atomic mass is 16.5. The number of nitrogens with one attached hydrogen (secondary N) is 1. The van der Waals surface area contributed by atoms with Crippen molar-refractivity contribution in [3.05, 3.63) is 53.6 Å². The number of anilines is 2. The van der Waals surface area contributed by atoms with E-state index in [0.29, 0.717) is 35.8 Å². The van der Waals surface area contributed by atoms with Crippen molar-refractivity contribution in [3.8, 4) is 5.75 Å². The molecule has 0 aliphatic carbocycles. The van der Waals surface area contributed by atoms with Gasteiger partial charge in [0.25, 0.3) is 11.8 Å². The van der Waals surface area contributed by atoms with Crippen LogP contribution >= 0.6 is 0 Å². The van der Waals surface area contributed by atoms with Gasteiger partial charge in [-0.1, -0.05) is 17.7 Å². The Morgan fingerprint density at radius 3 is 2.45 bits per heavy atom. The summed E-state index contributed by atoms with van der Waals surface area (Å²) in [5.41, 5.74) is 2.60. The first-order chi connectivity index (χ1) is 13.9. The first-order valence-electron chi connectivity index (χ1n) is 9.66. The topological polar surface area (TPSA) is 79.0 Å². The summed E-state index contributed by atoms with van der Waals surface area (Å²) >= 11 is 0.